The van der Waals surface area contributed by atoms with Crippen molar-refractivity contribution in [2.75, 3.05) is 6.61 Å². The zero-order chi connectivity index (χ0) is 17.9. The van der Waals surface area contributed by atoms with Crippen molar-refractivity contribution in [3.63, 3.8) is 0 Å². The van der Waals surface area contributed by atoms with Crippen LogP contribution in [0.3, 0.4) is 0 Å². The first-order valence-electron chi connectivity index (χ1n) is 7.39. The molecule has 1 heterocycles. The fourth-order valence-electron chi connectivity index (χ4n) is 1.98. The van der Waals surface area contributed by atoms with Gasteiger partial charge in [0.15, 0.2) is 0 Å². The zero-order valence-corrected chi connectivity index (χ0v) is 15.5. The highest BCUT2D eigenvalue weighted by molar-refractivity contribution is 9.10. The Kier molecular flexibility index (Phi) is 5.61. The maximum atomic E-state index is 11.0. The summed E-state index contributed by atoms with van der Waals surface area (Å²) in [7, 11) is 0. The Morgan fingerprint density at radius 3 is 2.75 bits per heavy atom. The van der Waals surface area contributed by atoms with Gasteiger partial charge in [-0.2, -0.15) is 0 Å². The number of hydrogen-bond donors (Lipinski definition) is 2. The van der Waals surface area contributed by atoms with Crippen LogP contribution in [0.5, 0.6) is 0 Å². The van der Waals surface area contributed by atoms with Gasteiger partial charge >= 0.3 is 6.09 Å². The first kappa shape index (κ1) is 18.4. The molecule has 0 aliphatic rings. The summed E-state index contributed by atoms with van der Waals surface area (Å²) in [6, 6.07) is 4.91. The molecule has 0 saturated heterocycles. The van der Waals surface area contributed by atoms with E-state index in [9.17, 15) is 4.79 Å². The molecule has 7 nitrogen and oxygen atoms in total. The smallest absolute Gasteiger partial charge is 0.405 e. The van der Waals surface area contributed by atoms with E-state index in [-0.39, 0.29) is 12.5 Å². The number of carboxylic acid groups (broad SMARTS) is 1. The van der Waals surface area contributed by atoms with E-state index in [1.807, 2.05) is 45.9 Å². The second kappa shape index (κ2) is 7.31. The predicted molar refractivity (Wildman–Crippen MR) is 91.8 cm³/mol. The standard InChI is InChI=1S/C16H20BrN3O4/c1-9-10(6-5-7-11(9)17)13-19-20-14(24-13)12(18-15(21)22)8-23-16(2,3)4/h5-7,12,18H,8H2,1-4H3,(H,21,22)/t12-/m1/s1. The molecule has 0 spiro atoms. The Balaban J connectivity index is 2.27. The third kappa shape index (κ3) is 4.78. The summed E-state index contributed by atoms with van der Waals surface area (Å²) in [5.74, 6) is 0.493. The van der Waals surface area contributed by atoms with Crippen molar-refractivity contribution in [2.24, 2.45) is 0 Å². The van der Waals surface area contributed by atoms with Crippen LogP contribution in [0.25, 0.3) is 11.5 Å². The summed E-state index contributed by atoms with van der Waals surface area (Å²) in [6.07, 6.45) is -1.18. The number of rotatable bonds is 5. The van der Waals surface area contributed by atoms with Crippen LogP contribution in [0.4, 0.5) is 4.79 Å². The van der Waals surface area contributed by atoms with E-state index in [0.29, 0.717) is 5.89 Å². The minimum Gasteiger partial charge on any atom is -0.465 e. The average molecular weight is 398 g/mol. The van der Waals surface area contributed by atoms with E-state index in [2.05, 4.69) is 31.4 Å². The molecule has 0 bridgehead atoms. The molecule has 1 amide bonds. The lowest BCUT2D eigenvalue weighted by Crippen LogP contribution is -2.33. The zero-order valence-electron chi connectivity index (χ0n) is 14.0. The molecule has 0 radical (unpaired) electrons. The van der Waals surface area contributed by atoms with Gasteiger partial charge in [-0.15, -0.1) is 10.2 Å². The molecule has 130 valence electrons. The third-order valence-electron chi connectivity index (χ3n) is 3.22. The van der Waals surface area contributed by atoms with Crippen LogP contribution in [-0.2, 0) is 4.74 Å². The molecule has 0 unspecified atom stereocenters. The molecule has 24 heavy (non-hydrogen) atoms. The number of hydrogen-bond acceptors (Lipinski definition) is 5. The fraction of sp³-hybridized carbons (Fsp3) is 0.438. The maximum Gasteiger partial charge on any atom is 0.405 e. The van der Waals surface area contributed by atoms with Gasteiger partial charge in [0.1, 0.15) is 6.04 Å². The Bertz CT molecular complexity index is 724. The van der Waals surface area contributed by atoms with E-state index in [1.54, 1.807) is 0 Å². The van der Waals surface area contributed by atoms with Crippen molar-refractivity contribution in [3.05, 3.63) is 34.1 Å². The highest BCUT2D eigenvalue weighted by Gasteiger charge is 2.24. The van der Waals surface area contributed by atoms with Crippen LogP contribution >= 0.6 is 15.9 Å². The molecule has 1 aromatic heterocycles. The predicted octanol–water partition coefficient (Wildman–Crippen LogP) is 3.93. The summed E-state index contributed by atoms with van der Waals surface area (Å²) in [6.45, 7) is 7.67. The number of nitrogens with zero attached hydrogens (tertiary/aromatic N) is 2. The molecular weight excluding hydrogens is 378 g/mol. The van der Waals surface area contributed by atoms with Gasteiger partial charge in [-0.1, -0.05) is 22.0 Å². The molecule has 0 saturated carbocycles. The van der Waals surface area contributed by atoms with Crippen molar-refractivity contribution < 1.29 is 19.1 Å². The normalized spacial score (nSPS) is 12.9. The van der Waals surface area contributed by atoms with Gasteiger partial charge in [-0.3, -0.25) is 0 Å². The third-order valence-corrected chi connectivity index (χ3v) is 4.08. The van der Waals surface area contributed by atoms with Gasteiger partial charge in [0.25, 0.3) is 0 Å². The number of nitrogens with one attached hydrogen (secondary N) is 1. The second-order valence-corrected chi connectivity index (χ2v) is 7.14. The molecular formula is C16H20BrN3O4. The Hall–Kier alpha value is -1.93. The lowest BCUT2D eigenvalue weighted by Gasteiger charge is -2.22. The first-order chi connectivity index (χ1) is 11.2. The van der Waals surface area contributed by atoms with E-state index in [0.717, 1.165) is 15.6 Å². The molecule has 8 heteroatoms. The Labute approximate surface area is 148 Å². The molecule has 1 aromatic carbocycles. The average Bonchev–Trinajstić information content (AvgIpc) is 2.94. The molecule has 1 atom stereocenters. The monoisotopic (exact) mass is 397 g/mol. The molecule has 2 N–H and O–H groups in total. The quantitative estimate of drug-likeness (QED) is 0.792. The summed E-state index contributed by atoms with van der Waals surface area (Å²) in [5, 5.41) is 19.4. The molecule has 0 fully saturated rings. The minimum atomic E-state index is -1.18. The topological polar surface area (TPSA) is 97.5 Å². The van der Waals surface area contributed by atoms with Crippen molar-refractivity contribution in [1.82, 2.24) is 15.5 Å². The van der Waals surface area contributed by atoms with Crippen LogP contribution in [0.2, 0.25) is 0 Å². The number of aromatic nitrogens is 2. The van der Waals surface area contributed by atoms with Gasteiger partial charge in [0.05, 0.1) is 12.2 Å². The number of ether oxygens (including phenoxy) is 1. The largest absolute Gasteiger partial charge is 0.465 e. The van der Waals surface area contributed by atoms with Crippen LogP contribution in [-0.4, -0.2) is 33.6 Å². The van der Waals surface area contributed by atoms with Crippen molar-refractivity contribution >= 4 is 22.0 Å². The fourth-order valence-corrected chi connectivity index (χ4v) is 2.35. The van der Waals surface area contributed by atoms with Crippen molar-refractivity contribution in [1.29, 1.82) is 0 Å². The summed E-state index contributed by atoms with van der Waals surface area (Å²) >= 11 is 3.46. The van der Waals surface area contributed by atoms with E-state index >= 15 is 0 Å². The second-order valence-electron chi connectivity index (χ2n) is 6.28. The lowest BCUT2D eigenvalue weighted by atomic mass is 10.1. The van der Waals surface area contributed by atoms with Crippen LogP contribution in [0, 0.1) is 6.92 Å². The number of carbonyl (C=O) groups is 1. The highest BCUT2D eigenvalue weighted by Crippen LogP contribution is 2.29. The number of amides is 1. The maximum absolute atomic E-state index is 11.0. The number of benzene rings is 1. The van der Waals surface area contributed by atoms with Gasteiger partial charge in [0, 0.05) is 10.0 Å². The summed E-state index contributed by atoms with van der Waals surface area (Å²) in [5.41, 5.74) is 1.33. The highest BCUT2D eigenvalue weighted by atomic mass is 79.9. The van der Waals surface area contributed by atoms with Crippen LogP contribution < -0.4 is 5.32 Å². The van der Waals surface area contributed by atoms with Crippen molar-refractivity contribution in [2.45, 2.75) is 39.3 Å². The molecule has 0 aliphatic heterocycles. The summed E-state index contributed by atoms with van der Waals surface area (Å²) in [4.78, 5) is 11.0. The van der Waals surface area contributed by atoms with Crippen molar-refractivity contribution in [3.8, 4) is 11.5 Å². The Morgan fingerprint density at radius 2 is 2.12 bits per heavy atom. The van der Waals surface area contributed by atoms with Gasteiger partial charge in [-0.25, -0.2) is 4.79 Å². The van der Waals surface area contributed by atoms with Gasteiger partial charge in [-0.05, 0) is 45.4 Å². The summed E-state index contributed by atoms with van der Waals surface area (Å²) < 4.78 is 12.3. The van der Waals surface area contributed by atoms with Gasteiger partial charge in [0.2, 0.25) is 11.8 Å². The van der Waals surface area contributed by atoms with E-state index in [4.69, 9.17) is 14.3 Å². The molecule has 2 aromatic rings. The minimum absolute atomic E-state index is 0.0922. The SMILES string of the molecule is Cc1c(Br)cccc1-c1nnc([C@@H](COC(C)(C)C)NC(=O)O)o1. The van der Waals surface area contributed by atoms with Crippen LogP contribution in [0.1, 0.15) is 38.3 Å². The lowest BCUT2D eigenvalue weighted by molar-refractivity contribution is -0.0173. The van der Waals surface area contributed by atoms with E-state index < -0.39 is 17.7 Å². The van der Waals surface area contributed by atoms with E-state index in [1.165, 1.54) is 0 Å². The first-order valence-corrected chi connectivity index (χ1v) is 8.19. The molecule has 2 rings (SSSR count). The Morgan fingerprint density at radius 1 is 1.42 bits per heavy atom. The van der Waals surface area contributed by atoms with Crippen LogP contribution in [0.15, 0.2) is 27.1 Å². The number of halogens is 1. The molecule has 0 aliphatic carbocycles. The van der Waals surface area contributed by atoms with Gasteiger partial charge < -0.3 is 19.6 Å².